The van der Waals surface area contributed by atoms with E-state index in [1.165, 1.54) is 6.07 Å². The zero-order chi connectivity index (χ0) is 15.1. The molecule has 0 spiro atoms. The van der Waals surface area contributed by atoms with Crippen LogP contribution in [-0.2, 0) is 12.6 Å². The molecule has 0 saturated carbocycles. The molecule has 1 aromatic heterocycles. The van der Waals surface area contributed by atoms with Crippen molar-refractivity contribution in [2.45, 2.75) is 33.4 Å². The van der Waals surface area contributed by atoms with Crippen LogP contribution >= 0.6 is 0 Å². The summed E-state index contributed by atoms with van der Waals surface area (Å²) >= 11 is 0. The summed E-state index contributed by atoms with van der Waals surface area (Å²) < 4.78 is 37.8. The lowest BCUT2D eigenvalue weighted by atomic mass is 9.92. The molecule has 108 valence electrons. The number of rotatable bonds is 1. The third-order valence-electron chi connectivity index (χ3n) is 2.78. The molecule has 2 rings (SSSR count). The number of aromatic amines is 1. The van der Waals surface area contributed by atoms with Crippen LogP contribution in [0.5, 0.6) is 0 Å². The predicted molar refractivity (Wildman–Crippen MR) is 70.5 cm³/mol. The van der Waals surface area contributed by atoms with E-state index in [-0.39, 0.29) is 16.3 Å². The molecular weight excluding hydrogens is 269 g/mol. The van der Waals surface area contributed by atoms with Gasteiger partial charge in [-0.05, 0) is 23.6 Å². The van der Waals surface area contributed by atoms with Crippen molar-refractivity contribution in [1.82, 2.24) is 9.97 Å². The summed E-state index contributed by atoms with van der Waals surface area (Å²) in [6.07, 6.45) is -3.93. The van der Waals surface area contributed by atoms with Gasteiger partial charge in [0.2, 0.25) is 0 Å². The SMILES string of the molecule is CC(C)(C)Cc1nc2ccc(C(F)(F)F)cc2c(=O)[nH]1. The fraction of sp³-hybridized carbons (Fsp3) is 0.429. The van der Waals surface area contributed by atoms with Crippen molar-refractivity contribution in [3.05, 3.63) is 39.9 Å². The average Bonchev–Trinajstić information content (AvgIpc) is 2.24. The van der Waals surface area contributed by atoms with Crippen molar-refractivity contribution >= 4 is 10.9 Å². The normalized spacial score (nSPS) is 12.9. The molecule has 6 heteroatoms. The third-order valence-corrected chi connectivity index (χ3v) is 2.78. The minimum Gasteiger partial charge on any atom is -0.310 e. The number of alkyl halides is 3. The molecule has 1 N–H and O–H groups in total. The van der Waals surface area contributed by atoms with Crippen LogP contribution in [-0.4, -0.2) is 9.97 Å². The zero-order valence-electron chi connectivity index (χ0n) is 11.4. The second-order valence-corrected chi connectivity index (χ2v) is 5.98. The Morgan fingerprint density at radius 3 is 2.40 bits per heavy atom. The standard InChI is InChI=1S/C14H15F3N2O/c1-13(2,3)7-11-18-10-5-4-8(14(15,16)17)6-9(10)12(20)19-11/h4-6H,7H2,1-3H3,(H,18,19,20). The van der Waals surface area contributed by atoms with Gasteiger partial charge in [0.05, 0.1) is 16.5 Å². The summed E-state index contributed by atoms with van der Waals surface area (Å²) in [4.78, 5) is 18.7. The van der Waals surface area contributed by atoms with Crippen molar-refractivity contribution in [3.63, 3.8) is 0 Å². The van der Waals surface area contributed by atoms with E-state index < -0.39 is 17.3 Å². The van der Waals surface area contributed by atoms with Crippen LogP contribution in [0.4, 0.5) is 13.2 Å². The molecule has 0 unspecified atom stereocenters. The summed E-state index contributed by atoms with van der Waals surface area (Å²) in [6.45, 7) is 5.97. The van der Waals surface area contributed by atoms with Gasteiger partial charge in [-0.1, -0.05) is 20.8 Å². The Hall–Kier alpha value is -1.85. The van der Waals surface area contributed by atoms with Gasteiger partial charge < -0.3 is 4.98 Å². The number of hydrogen-bond donors (Lipinski definition) is 1. The summed E-state index contributed by atoms with van der Waals surface area (Å²) in [5.74, 6) is 0.481. The van der Waals surface area contributed by atoms with Crippen LogP contribution < -0.4 is 5.56 Å². The van der Waals surface area contributed by atoms with Gasteiger partial charge in [0, 0.05) is 6.42 Å². The summed E-state index contributed by atoms with van der Waals surface area (Å²) in [5.41, 5.74) is -1.18. The highest BCUT2D eigenvalue weighted by molar-refractivity contribution is 5.78. The Labute approximate surface area is 113 Å². The van der Waals surface area contributed by atoms with Gasteiger partial charge in [0.15, 0.2) is 0 Å². The van der Waals surface area contributed by atoms with E-state index in [1.807, 2.05) is 20.8 Å². The molecule has 3 nitrogen and oxygen atoms in total. The van der Waals surface area contributed by atoms with Crippen molar-refractivity contribution in [2.75, 3.05) is 0 Å². The molecule has 1 heterocycles. The molecule has 0 aliphatic rings. The summed E-state index contributed by atoms with van der Waals surface area (Å²) in [6, 6.07) is 3.01. The Balaban J connectivity index is 2.56. The zero-order valence-corrected chi connectivity index (χ0v) is 11.4. The first-order valence-electron chi connectivity index (χ1n) is 6.16. The van der Waals surface area contributed by atoms with Gasteiger partial charge in [-0.2, -0.15) is 13.2 Å². The van der Waals surface area contributed by atoms with Gasteiger partial charge in [0.25, 0.3) is 5.56 Å². The number of aromatic nitrogens is 2. The van der Waals surface area contributed by atoms with Crippen molar-refractivity contribution in [1.29, 1.82) is 0 Å². The van der Waals surface area contributed by atoms with Crippen LogP contribution in [0.1, 0.15) is 32.2 Å². The minimum atomic E-state index is -4.47. The fourth-order valence-electron chi connectivity index (χ4n) is 1.95. The number of nitrogens with zero attached hydrogens (tertiary/aromatic N) is 1. The van der Waals surface area contributed by atoms with Gasteiger partial charge in [0.1, 0.15) is 5.82 Å². The molecule has 0 fully saturated rings. The summed E-state index contributed by atoms with van der Waals surface area (Å²) in [5, 5.41) is -0.0440. The van der Waals surface area contributed by atoms with Gasteiger partial charge in [-0.25, -0.2) is 4.98 Å². The highest BCUT2D eigenvalue weighted by atomic mass is 19.4. The highest BCUT2D eigenvalue weighted by Gasteiger charge is 2.30. The van der Waals surface area contributed by atoms with Crippen molar-refractivity contribution in [2.24, 2.45) is 5.41 Å². The quantitative estimate of drug-likeness (QED) is 0.870. The maximum Gasteiger partial charge on any atom is 0.416 e. The molecule has 0 saturated heterocycles. The third kappa shape index (κ3) is 3.18. The molecule has 0 atom stereocenters. The number of benzene rings is 1. The average molecular weight is 284 g/mol. The lowest BCUT2D eigenvalue weighted by Gasteiger charge is -2.17. The monoisotopic (exact) mass is 284 g/mol. The molecule has 1 aromatic carbocycles. The number of halogens is 3. The molecule has 20 heavy (non-hydrogen) atoms. The molecule has 0 bridgehead atoms. The van der Waals surface area contributed by atoms with Crippen molar-refractivity contribution < 1.29 is 13.2 Å². The second-order valence-electron chi connectivity index (χ2n) is 5.98. The highest BCUT2D eigenvalue weighted by Crippen LogP contribution is 2.30. The van der Waals surface area contributed by atoms with Gasteiger partial charge >= 0.3 is 6.18 Å². The maximum atomic E-state index is 12.6. The van der Waals surface area contributed by atoms with Gasteiger partial charge in [-0.3, -0.25) is 4.79 Å². The Kier molecular flexibility index (Phi) is 3.36. The summed E-state index contributed by atoms with van der Waals surface area (Å²) in [7, 11) is 0. The van der Waals surface area contributed by atoms with Gasteiger partial charge in [-0.15, -0.1) is 0 Å². The molecule has 2 aromatic rings. The Bertz CT molecular complexity index is 696. The van der Waals surface area contributed by atoms with E-state index in [0.29, 0.717) is 12.2 Å². The van der Waals surface area contributed by atoms with E-state index in [1.54, 1.807) is 0 Å². The lowest BCUT2D eigenvalue weighted by molar-refractivity contribution is -0.137. The van der Waals surface area contributed by atoms with Crippen LogP contribution in [0, 0.1) is 5.41 Å². The van der Waals surface area contributed by atoms with Crippen LogP contribution in [0.15, 0.2) is 23.0 Å². The van der Waals surface area contributed by atoms with Crippen LogP contribution in [0.2, 0.25) is 0 Å². The minimum absolute atomic E-state index is 0.0440. The topological polar surface area (TPSA) is 45.8 Å². The lowest BCUT2D eigenvalue weighted by Crippen LogP contribution is -2.18. The van der Waals surface area contributed by atoms with Crippen LogP contribution in [0.25, 0.3) is 10.9 Å². The smallest absolute Gasteiger partial charge is 0.310 e. The van der Waals surface area contributed by atoms with Crippen molar-refractivity contribution in [3.8, 4) is 0 Å². The van der Waals surface area contributed by atoms with E-state index in [2.05, 4.69) is 9.97 Å². The molecule has 0 aliphatic carbocycles. The first-order chi connectivity index (χ1) is 9.06. The van der Waals surface area contributed by atoms with E-state index >= 15 is 0 Å². The molecular formula is C14H15F3N2O. The molecule has 0 amide bonds. The number of H-pyrrole nitrogens is 1. The molecule has 0 radical (unpaired) electrons. The van der Waals surface area contributed by atoms with E-state index in [0.717, 1.165) is 12.1 Å². The largest absolute Gasteiger partial charge is 0.416 e. The fourth-order valence-corrected chi connectivity index (χ4v) is 1.95. The first-order valence-corrected chi connectivity index (χ1v) is 6.16. The molecule has 0 aliphatic heterocycles. The first kappa shape index (κ1) is 14.6. The van der Waals surface area contributed by atoms with E-state index in [9.17, 15) is 18.0 Å². The maximum absolute atomic E-state index is 12.6. The Morgan fingerprint density at radius 1 is 1.20 bits per heavy atom. The Morgan fingerprint density at radius 2 is 1.85 bits per heavy atom. The predicted octanol–water partition coefficient (Wildman–Crippen LogP) is 3.53. The van der Waals surface area contributed by atoms with E-state index in [4.69, 9.17) is 0 Å². The number of hydrogen-bond acceptors (Lipinski definition) is 2. The van der Waals surface area contributed by atoms with Crippen LogP contribution in [0.3, 0.4) is 0 Å². The second kappa shape index (κ2) is 4.61. The number of nitrogens with one attached hydrogen (secondary N) is 1. The number of fused-ring (bicyclic) bond motifs is 1.